The maximum atomic E-state index is 13.6. The summed E-state index contributed by atoms with van der Waals surface area (Å²) in [5, 5.41) is 0. The first kappa shape index (κ1) is 25.1. The number of hydrogen-bond donors (Lipinski definition) is 0. The molecular weight excluding hydrogens is 468 g/mol. The summed E-state index contributed by atoms with van der Waals surface area (Å²) in [6, 6.07) is 0. The maximum absolute atomic E-state index is 13.6. The lowest BCUT2D eigenvalue weighted by Crippen LogP contribution is -2.66. The van der Waals surface area contributed by atoms with Crippen LogP contribution in [0, 0.1) is 28.6 Å². The van der Waals surface area contributed by atoms with Gasteiger partial charge in [-0.05, 0) is 50.0 Å². The highest BCUT2D eigenvalue weighted by Gasteiger charge is 2.79. The van der Waals surface area contributed by atoms with E-state index in [1.54, 1.807) is 6.08 Å². The zero-order chi connectivity index (χ0) is 26.3. The third-order valence-electron chi connectivity index (χ3n) is 10.0. The van der Waals surface area contributed by atoms with Crippen LogP contribution >= 0.6 is 0 Å². The Labute approximate surface area is 210 Å². The minimum Gasteiger partial charge on any atom is -0.462 e. The number of esters is 3. The second-order valence-electron chi connectivity index (χ2n) is 11.7. The van der Waals surface area contributed by atoms with E-state index in [2.05, 4.69) is 6.92 Å². The van der Waals surface area contributed by atoms with E-state index in [0.29, 0.717) is 25.7 Å². The fourth-order valence-corrected chi connectivity index (χ4v) is 8.68. The van der Waals surface area contributed by atoms with E-state index in [1.165, 1.54) is 20.8 Å². The van der Waals surface area contributed by atoms with Gasteiger partial charge in [0.25, 0.3) is 0 Å². The van der Waals surface area contributed by atoms with Crippen LogP contribution in [0.25, 0.3) is 0 Å². The van der Waals surface area contributed by atoms with Gasteiger partial charge in [0, 0.05) is 37.5 Å². The summed E-state index contributed by atoms with van der Waals surface area (Å²) in [6.07, 6.45) is 5.17. The van der Waals surface area contributed by atoms with Crippen molar-refractivity contribution in [3.8, 4) is 0 Å². The third-order valence-corrected chi connectivity index (χ3v) is 10.0. The number of ether oxygens (including phenoxy) is 4. The van der Waals surface area contributed by atoms with E-state index in [9.17, 15) is 24.0 Å². The number of rotatable bonds is 5. The number of ketones is 2. The molecule has 1 spiro atoms. The van der Waals surface area contributed by atoms with Crippen molar-refractivity contribution in [1.82, 2.24) is 0 Å². The molecule has 4 aliphatic carbocycles. The Morgan fingerprint density at radius 2 is 1.75 bits per heavy atom. The average Bonchev–Trinajstić information content (AvgIpc) is 3.46. The van der Waals surface area contributed by atoms with Crippen LogP contribution in [-0.2, 0) is 42.9 Å². The molecular formula is C27H34O9. The number of Topliss-reactive ketones (excluding diaryl/α,β-unsaturated/α-hetero) is 1. The molecule has 9 atom stereocenters. The summed E-state index contributed by atoms with van der Waals surface area (Å²) < 4.78 is 23.0. The number of carbonyl (C=O) groups is 5. The van der Waals surface area contributed by atoms with Crippen LogP contribution in [0.3, 0.4) is 0 Å². The smallest absolute Gasteiger partial charge is 0.303 e. The van der Waals surface area contributed by atoms with Crippen molar-refractivity contribution in [1.29, 1.82) is 0 Å². The highest BCUT2D eigenvalue weighted by Crippen LogP contribution is 2.73. The second-order valence-corrected chi connectivity index (χ2v) is 11.7. The van der Waals surface area contributed by atoms with Gasteiger partial charge in [0.05, 0.1) is 0 Å². The summed E-state index contributed by atoms with van der Waals surface area (Å²) in [6.45, 7) is 7.40. The molecule has 0 amide bonds. The molecule has 1 saturated heterocycles. The Bertz CT molecular complexity index is 1080. The molecule has 0 aromatic carbocycles. The molecule has 1 heterocycles. The topological polar surface area (TPSA) is 126 Å². The van der Waals surface area contributed by atoms with Gasteiger partial charge in [0.15, 0.2) is 24.1 Å². The van der Waals surface area contributed by atoms with Gasteiger partial charge in [-0.1, -0.05) is 19.9 Å². The van der Waals surface area contributed by atoms with Crippen LogP contribution < -0.4 is 0 Å². The van der Waals surface area contributed by atoms with Crippen LogP contribution in [0.2, 0.25) is 0 Å². The zero-order valence-corrected chi connectivity index (χ0v) is 21.5. The Hall–Kier alpha value is -2.55. The van der Waals surface area contributed by atoms with E-state index in [-0.39, 0.29) is 23.5 Å². The SMILES string of the molecule is CC(=O)OCC(=O)[C@@]1(OC(C)=O)CC[C@H]2[C@@H]3CC[C@@]45O[C@@H]4C(=O)C=C[C@]5(C)[C@H]3[C@@H](OC(C)=O)C[C@@]21C. The summed E-state index contributed by atoms with van der Waals surface area (Å²) >= 11 is 0. The van der Waals surface area contributed by atoms with Gasteiger partial charge in [0.1, 0.15) is 11.7 Å². The number of carbonyl (C=O) groups excluding carboxylic acids is 5. The van der Waals surface area contributed by atoms with Gasteiger partial charge in [-0.3, -0.25) is 24.0 Å². The quantitative estimate of drug-likeness (QED) is 0.317. The highest BCUT2D eigenvalue weighted by atomic mass is 16.6. The van der Waals surface area contributed by atoms with E-state index < -0.39 is 64.5 Å². The van der Waals surface area contributed by atoms with Gasteiger partial charge >= 0.3 is 17.9 Å². The molecule has 0 bridgehead atoms. The van der Waals surface area contributed by atoms with Crippen molar-refractivity contribution in [2.75, 3.05) is 6.61 Å². The summed E-state index contributed by atoms with van der Waals surface area (Å²) in [4.78, 5) is 62.1. The molecule has 5 aliphatic rings. The minimum absolute atomic E-state index is 0.00709. The summed E-state index contributed by atoms with van der Waals surface area (Å²) in [5.74, 6) is -2.18. The highest BCUT2D eigenvalue weighted by molar-refractivity contribution is 5.98. The standard InChI is InChI=1S/C27H34O9/c1-14(28)33-13-21(32)26(35-16(3)30)11-7-18-17-6-10-27-23(36-27)19(31)8-9-24(27,4)22(17)20(34-15(2)29)12-25(18,26)5/h8-9,17-18,20,22-23H,6-7,10-13H2,1-5H3/t17-,18-,20-,22+,23+,24+,25-,26-,27+/m0/s1. The molecule has 0 N–H and O–H groups in total. The van der Waals surface area contributed by atoms with E-state index in [0.717, 1.165) is 6.42 Å². The molecule has 9 heteroatoms. The average molecular weight is 503 g/mol. The second kappa shape index (κ2) is 7.97. The molecule has 0 aromatic rings. The van der Waals surface area contributed by atoms with Crippen molar-refractivity contribution in [3.63, 3.8) is 0 Å². The molecule has 9 nitrogen and oxygen atoms in total. The molecule has 0 radical (unpaired) electrons. The summed E-state index contributed by atoms with van der Waals surface area (Å²) in [7, 11) is 0. The Morgan fingerprint density at radius 3 is 2.39 bits per heavy atom. The van der Waals surface area contributed by atoms with Crippen molar-refractivity contribution in [2.24, 2.45) is 28.6 Å². The predicted molar refractivity (Wildman–Crippen MR) is 123 cm³/mol. The third kappa shape index (κ3) is 3.20. The van der Waals surface area contributed by atoms with Gasteiger partial charge in [-0.25, -0.2) is 0 Å². The van der Waals surface area contributed by atoms with Crippen LogP contribution in [-0.4, -0.2) is 59.5 Å². The summed E-state index contributed by atoms with van der Waals surface area (Å²) in [5.41, 5.74) is -3.45. The fourth-order valence-electron chi connectivity index (χ4n) is 8.68. The van der Waals surface area contributed by atoms with Gasteiger partial charge < -0.3 is 18.9 Å². The molecule has 196 valence electrons. The van der Waals surface area contributed by atoms with Crippen molar-refractivity contribution < 1.29 is 42.9 Å². The monoisotopic (exact) mass is 502 g/mol. The minimum atomic E-state index is -1.49. The zero-order valence-electron chi connectivity index (χ0n) is 21.5. The lowest BCUT2D eigenvalue weighted by Gasteiger charge is -2.61. The van der Waals surface area contributed by atoms with Crippen molar-refractivity contribution >= 4 is 29.5 Å². The first-order valence-electron chi connectivity index (χ1n) is 12.8. The van der Waals surface area contributed by atoms with Crippen molar-refractivity contribution in [2.45, 2.75) is 90.1 Å². The van der Waals surface area contributed by atoms with Gasteiger partial charge in [-0.2, -0.15) is 0 Å². The number of hydrogen-bond acceptors (Lipinski definition) is 9. The van der Waals surface area contributed by atoms with E-state index in [4.69, 9.17) is 18.9 Å². The Morgan fingerprint density at radius 1 is 1.03 bits per heavy atom. The van der Waals surface area contributed by atoms with Crippen LogP contribution in [0.1, 0.15) is 66.7 Å². The van der Waals surface area contributed by atoms with Gasteiger partial charge in [0.2, 0.25) is 5.78 Å². The van der Waals surface area contributed by atoms with Crippen LogP contribution in [0.15, 0.2) is 12.2 Å². The predicted octanol–water partition coefficient (Wildman–Crippen LogP) is 2.48. The molecule has 5 rings (SSSR count). The number of fused-ring (bicyclic) bond motifs is 4. The molecule has 4 fully saturated rings. The number of epoxide rings is 1. The van der Waals surface area contributed by atoms with Crippen LogP contribution in [0.4, 0.5) is 0 Å². The Balaban J connectivity index is 1.58. The molecule has 3 saturated carbocycles. The molecule has 1 aliphatic heterocycles. The first-order chi connectivity index (χ1) is 16.8. The fraction of sp³-hybridized carbons (Fsp3) is 0.741. The molecule has 0 aromatic heterocycles. The lowest BCUT2D eigenvalue weighted by atomic mass is 9.44. The Kier molecular flexibility index (Phi) is 5.56. The normalized spacial score (nSPS) is 45.9. The largest absolute Gasteiger partial charge is 0.462 e. The maximum Gasteiger partial charge on any atom is 0.303 e. The van der Waals surface area contributed by atoms with Crippen molar-refractivity contribution in [3.05, 3.63) is 12.2 Å². The van der Waals surface area contributed by atoms with Crippen LogP contribution in [0.5, 0.6) is 0 Å². The van der Waals surface area contributed by atoms with E-state index in [1.807, 2.05) is 13.0 Å². The first-order valence-corrected chi connectivity index (χ1v) is 12.8. The lowest BCUT2D eigenvalue weighted by molar-refractivity contribution is -0.212. The molecule has 0 unspecified atom stereocenters. The molecule has 36 heavy (non-hydrogen) atoms. The van der Waals surface area contributed by atoms with Gasteiger partial charge in [-0.15, -0.1) is 0 Å². The van der Waals surface area contributed by atoms with E-state index >= 15 is 0 Å².